The fourth-order valence-corrected chi connectivity index (χ4v) is 2.91. The van der Waals surface area contributed by atoms with Crippen LogP contribution >= 0.6 is 23.5 Å². The summed E-state index contributed by atoms with van der Waals surface area (Å²) < 4.78 is 40.0. The molecule has 0 aliphatic heterocycles. The second-order valence-corrected chi connectivity index (χ2v) is 6.04. The molecule has 86 valence electrons. The molecule has 17 heteroatoms. The van der Waals surface area contributed by atoms with E-state index in [2.05, 4.69) is 13.1 Å². The zero-order chi connectivity index (χ0) is 11.6. The number of phosphoric acid groups is 3. The van der Waals surface area contributed by atoms with Crippen molar-refractivity contribution in [1.82, 2.24) is 0 Å². The molecule has 0 saturated heterocycles. The first-order valence-corrected chi connectivity index (χ1v) is 6.98. The Hall–Kier alpha value is 6.96. The van der Waals surface area contributed by atoms with Crippen molar-refractivity contribution in [3.8, 4) is 0 Å². The third-order valence-corrected chi connectivity index (χ3v) is 4.27. The van der Waals surface area contributed by atoms with Gasteiger partial charge in [-0.15, -0.1) is 0 Å². The molecule has 0 heterocycles. The van der Waals surface area contributed by atoms with Crippen molar-refractivity contribution >= 4 is 23.5 Å². The first-order chi connectivity index (χ1) is 5.97. The van der Waals surface area contributed by atoms with Crippen LogP contribution in [0, 0.1) is 0 Å². The van der Waals surface area contributed by atoms with Crippen LogP contribution in [0.25, 0.3) is 0 Å². The Kier molecular flexibility index (Phi) is 32.3. The third kappa shape index (κ3) is 23.0. The van der Waals surface area contributed by atoms with Crippen LogP contribution in [0.3, 0.4) is 0 Å². The summed E-state index contributed by atoms with van der Waals surface area (Å²) in [5, 5.41) is 0. The molecule has 0 aromatic carbocycles. The second-order valence-electron chi connectivity index (χ2n) is 1.69. The number of rotatable bonds is 5. The minimum absolute atomic E-state index is 0. The molecule has 0 saturated carbocycles. The van der Waals surface area contributed by atoms with Crippen molar-refractivity contribution in [2.45, 2.75) is 0 Å². The minimum Gasteiger partial charge on any atom is -0.790 e. The largest absolute Gasteiger partial charge is 1.00 e. The van der Waals surface area contributed by atoms with Crippen molar-refractivity contribution in [2.75, 3.05) is 7.11 Å². The SMILES string of the molecule is COP(=O)([O-])OP(=O)([O-])OP(=O)([O-])[O-].[K+].[K+].[K+].[K+]. The Balaban J connectivity index is -0.000000141. The maximum atomic E-state index is 10.4. The van der Waals surface area contributed by atoms with E-state index in [-0.39, 0.29) is 206 Å². The average molecular weight is 424 g/mol. The van der Waals surface area contributed by atoms with Crippen LogP contribution in [-0.2, 0) is 26.8 Å². The fourth-order valence-electron chi connectivity index (χ4n) is 0.293. The molecule has 0 N–H and O–H groups in total. The van der Waals surface area contributed by atoms with Gasteiger partial charge >= 0.3 is 206 Å². The predicted molar refractivity (Wildman–Crippen MR) is 32.0 cm³/mol. The van der Waals surface area contributed by atoms with Crippen LogP contribution in [0.5, 0.6) is 0 Å². The predicted octanol–water partition coefficient (Wildman–Crippen LogP) is -14.6. The van der Waals surface area contributed by atoms with E-state index >= 15 is 0 Å². The third-order valence-electron chi connectivity index (χ3n) is 0.624. The van der Waals surface area contributed by atoms with Crippen LogP contribution in [0.1, 0.15) is 0 Å². The van der Waals surface area contributed by atoms with Crippen LogP contribution in [0.4, 0.5) is 0 Å². The van der Waals surface area contributed by atoms with Crippen molar-refractivity contribution in [3.63, 3.8) is 0 Å². The van der Waals surface area contributed by atoms with Crippen molar-refractivity contribution in [2.24, 2.45) is 0 Å². The molecular weight excluding hydrogens is 421 g/mol. The molecule has 2 unspecified atom stereocenters. The summed E-state index contributed by atoms with van der Waals surface area (Å²) in [6.45, 7) is 0. The van der Waals surface area contributed by atoms with E-state index in [4.69, 9.17) is 0 Å². The zero-order valence-electron chi connectivity index (χ0n) is 10.4. The molecule has 0 aliphatic carbocycles. The smallest absolute Gasteiger partial charge is 0.790 e. The Morgan fingerprint density at radius 3 is 1.28 bits per heavy atom. The normalized spacial score (nSPS) is 16.5. The summed E-state index contributed by atoms with van der Waals surface area (Å²) in [4.78, 5) is 40.3. The van der Waals surface area contributed by atoms with Crippen molar-refractivity contribution in [3.05, 3.63) is 0 Å². The van der Waals surface area contributed by atoms with E-state index in [9.17, 15) is 33.3 Å². The fraction of sp³-hybridized carbons (Fsp3) is 1.00. The van der Waals surface area contributed by atoms with E-state index in [0.717, 1.165) is 0 Å². The Bertz CT molecular complexity index is 338. The van der Waals surface area contributed by atoms with Gasteiger partial charge in [-0.1, -0.05) is 0 Å². The summed E-state index contributed by atoms with van der Waals surface area (Å²) >= 11 is 0. The Morgan fingerprint density at radius 1 is 0.722 bits per heavy atom. The Morgan fingerprint density at radius 2 is 1.06 bits per heavy atom. The van der Waals surface area contributed by atoms with E-state index < -0.39 is 23.5 Å². The molecule has 2 atom stereocenters. The van der Waals surface area contributed by atoms with Crippen LogP contribution in [-0.4, -0.2) is 7.11 Å². The zero-order valence-corrected chi connectivity index (χ0v) is 25.6. The van der Waals surface area contributed by atoms with Gasteiger partial charge in [0.2, 0.25) is 0 Å². The number of hydrogen-bond donors (Lipinski definition) is 0. The van der Waals surface area contributed by atoms with Gasteiger partial charge in [-0.2, -0.15) is 0 Å². The second kappa shape index (κ2) is 16.2. The van der Waals surface area contributed by atoms with Gasteiger partial charge in [0.25, 0.3) is 15.6 Å². The summed E-state index contributed by atoms with van der Waals surface area (Å²) in [7, 11) is -16.4. The van der Waals surface area contributed by atoms with Crippen LogP contribution in [0.2, 0.25) is 0 Å². The Labute approximate surface area is 274 Å². The summed E-state index contributed by atoms with van der Waals surface area (Å²) in [6, 6.07) is 0. The molecule has 0 aromatic heterocycles. The van der Waals surface area contributed by atoms with Gasteiger partial charge < -0.3 is 28.7 Å². The van der Waals surface area contributed by atoms with E-state index in [0.29, 0.717) is 7.11 Å². The maximum Gasteiger partial charge on any atom is 1.00 e. The topological polar surface area (TPSA) is 171 Å². The molecule has 0 rings (SSSR count). The summed E-state index contributed by atoms with van der Waals surface area (Å²) in [5.74, 6) is 0. The number of phosphoric ester groups is 1. The standard InChI is InChI=1S/CH7O10P3.4K/c1-9-13(5,6)11-14(7,8)10-12(2,3)4;;;;/h1H3,(H,5,6)(H,7,8)(H2,2,3,4);;;;/q;4*+1/p-4. The first-order valence-electron chi connectivity index (χ1n) is 2.60. The summed E-state index contributed by atoms with van der Waals surface area (Å²) in [6.07, 6.45) is 0. The van der Waals surface area contributed by atoms with Gasteiger partial charge in [-0.3, -0.25) is 13.4 Å². The van der Waals surface area contributed by atoms with Gasteiger partial charge in [0.15, 0.2) is 0 Å². The molecular formula is CH3K4O10P3. The monoisotopic (exact) mass is 424 g/mol. The van der Waals surface area contributed by atoms with Gasteiger partial charge in [-0.05, 0) is 0 Å². The molecule has 0 aromatic rings. The molecule has 0 fully saturated rings. The van der Waals surface area contributed by atoms with E-state index in [1.807, 2.05) is 0 Å². The molecule has 18 heavy (non-hydrogen) atoms. The van der Waals surface area contributed by atoms with Crippen LogP contribution in [0.15, 0.2) is 0 Å². The molecule has 0 spiro atoms. The quantitative estimate of drug-likeness (QED) is 0.305. The van der Waals surface area contributed by atoms with Gasteiger partial charge in [0.1, 0.15) is 0 Å². The molecule has 0 amide bonds. The first kappa shape index (κ1) is 36.0. The van der Waals surface area contributed by atoms with Gasteiger partial charge in [-0.25, -0.2) is 4.31 Å². The van der Waals surface area contributed by atoms with E-state index in [1.165, 1.54) is 0 Å². The molecule has 0 aliphatic rings. The average Bonchev–Trinajstić information content (AvgIpc) is 1.78. The summed E-state index contributed by atoms with van der Waals surface area (Å²) in [5.41, 5.74) is 0. The van der Waals surface area contributed by atoms with Gasteiger partial charge in [0.05, 0.1) is 7.82 Å². The molecule has 0 radical (unpaired) electrons. The molecule has 10 nitrogen and oxygen atoms in total. The maximum absolute atomic E-state index is 10.4. The van der Waals surface area contributed by atoms with Gasteiger partial charge in [0, 0.05) is 7.11 Å². The van der Waals surface area contributed by atoms with E-state index in [1.54, 1.807) is 0 Å². The number of hydrogen-bond acceptors (Lipinski definition) is 10. The minimum atomic E-state index is -5.90. The van der Waals surface area contributed by atoms with Crippen LogP contribution < -0.4 is 225 Å². The van der Waals surface area contributed by atoms with Crippen molar-refractivity contribution in [1.29, 1.82) is 0 Å². The van der Waals surface area contributed by atoms with Crippen molar-refractivity contribution < 1.29 is 252 Å². The molecule has 0 bridgehead atoms.